The number of carbonyl (C=O) groups is 1. The molecule has 1 fully saturated rings. The van der Waals surface area contributed by atoms with Gasteiger partial charge in [-0.05, 0) is 49.2 Å². The molecule has 1 aromatic heterocycles. The number of thiazole rings is 1. The van der Waals surface area contributed by atoms with E-state index in [2.05, 4.69) is 16.3 Å². The van der Waals surface area contributed by atoms with Crippen LogP contribution in [0.4, 0.5) is 10.8 Å². The van der Waals surface area contributed by atoms with E-state index in [0.29, 0.717) is 12.3 Å². The molecular weight excluding hydrogens is 372 g/mol. The third kappa shape index (κ3) is 4.07. The van der Waals surface area contributed by atoms with Gasteiger partial charge >= 0.3 is 0 Å². The minimum absolute atomic E-state index is 0.00931. The molecule has 1 aliphatic heterocycles. The first-order chi connectivity index (χ1) is 13.7. The van der Waals surface area contributed by atoms with Gasteiger partial charge in [-0.2, -0.15) is 5.26 Å². The Balaban J connectivity index is 1.39. The largest absolute Gasteiger partial charge is 0.479 e. The average molecular weight is 392 g/mol. The van der Waals surface area contributed by atoms with E-state index in [0.717, 1.165) is 35.7 Å². The Hall–Kier alpha value is -3.11. The number of nitriles is 1. The third-order valence-corrected chi connectivity index (χ3v) is 5.87. The van der Waals surface area contributed by atoms with Crippen molar-refractivity contribution in [1.82, 2.24) is 4.98 Å². The van der Waals surface area contributed by atoms with Crippen molar-refractivity contribution in [2.75, 3.05) is 29.9 Å². The highest BCUT2D eigenvalue weighted by Gasteiger charge is 2.27. The molecule has 2 aromatic carbocycles. The quantitative estimate of drug-likeness (QED) is 0.709. The molecule has 28 heavy (non-hydrogen) atoms. The van der Waals surface area contributed by atoms with Crippen molar-refractivity contribution in [3.8, 4) is 11.8 Å². The monoisotopic (exact) mass is 392 g/mol. The molecule has 0 radical (unpaired) electrons. The topological polar surface area (TPSA) is 78.2 Å². The van der Waals surface area contributed by atoms with Crippen LogP contribution >= 0.6 is 11.3 Å². The molecule has 0 aliphatic carbocycles. The lowest BCUT2D eigenvalue weighted by molar-refractivity contribution is -0.120. The van der Waals surface area contributed by atoms with E-state index in [1.165, 1.54) is 4.70 Å². The first kappa shape index (κ1) is 18.3. The summed E-state index contributed by atoms with van der Waals surface area (Å²) in [4.78, 5) is 19.7. The van der Waals surface area contributed by atoms with Crippen molar-refractivity contribution >= 4 is 38.3 Å². The number of carbonyl (C=O) groups excluding carboxylic acids is 1. The molecule has 2 heterocycles. The van der Waals surface area contributed by atoms with Gasteiger partial charge in [-0.25, -0.2) is 4.98 Å². The first-order valence-corrected chi connectivity index (χ1v) is 10.1. The smallest absolute Gasteiger partial charge is 0.229 e. The van der Waals surface area contributed by atoms with Gasteiger partial charge in [-0.15, -0.1) is 0 Å². The Kier molecular flexibility index (Phi) is 5.40. The maximum atomic E-state index is 12.7. The number of fused-ring (bicyclic) bond motifs is 1. The molecule has 4 rings (SSSR count). The lowest BCUT2D eigenvalue weighted by atomic mass is 9.97. The van der Waals surface area contributed by atoms with Crippen LogP contribution in [0.3, 0.4) is 0 Å². The fraction of sp³-hybridized carbons (Fsp3) is 0.286. The fourth-order valence-corrected chi connectivity index (χ4v) is 4.36. The Morgan fingerprint density at radius 1 is 1.29 bits per heavy atom. The third-order valence-electron chi connectivity index (χ3n) is 4.77. The van der Waals surface area contributed by atoms with Crippen LogP contribution in [0.5, 0.6) is 5.75 Å². The Bertz CT molecular complexity index is 976. The Labute approximate surface area is 167 Å². The van der Waals surface area contributed by atoms with E-state index in [1.807, 2.05) is 24.3 Å². The van der Waals surface area contributed by atoms with E-state index in [4.69, 9.17) is 15.0 Å². The number of hydrogen-bond donors (Lipinski definition) is 1. The van der Waals surface area contributed by atoms with Gasteiger partial charge in [0.2, 0.25) is 5.91 Å². The molecule has 0 unspecified atom stereocenters. The number of para-hydroxylation sites is 1. The molecule has 3 aromatic rings. The van der Waals surface area contributed by atoms with Crippen molar-refractivity contribution in [2.24, 2.45) is 5.92 Å². The van der Waals surface area contributed by atoms with Crippen LogP contribution < -0.4 is 15.0 Å². The van der Waals surface area contributed by atoms with Gasteiger partial charge in [-0.1, -0.05) is 23.5 Å². The van der Waals surface area contributed by atoms with Gasteiger partial charge in [0, 0.05) is 18.8 Å². The number of rotatable bonds is 5. The van der Waals surface area contributed by atoms with Crippen LogP contribution in [0, 0.1) is 17.2 Å². The second kappa shape index (κ2) is 8.28. The summed E-state index contributed by atoms with van der Waals surface area (Å²) in [7, 11) is 0. The van der Waals surface area contributed by atoms with Crippen molar-refractivity contribution in [3.63, 3.8) is 0 Å². The van der Waals surface area contributed by atoms with Crippen LogP contribution in [0.2, 0.25) is 0 Å². The van der Waals surface area contributed by atoms with Gasteiger partial charge < -0.3 is 15.0 Å². The predicted molar refractivity (Wildman–Crippen MR) is 111 cm³/mol. The summed E-state index contributed by atoms with van der Waals surface area (Å²) in [6.45, 7) is 1.61. The highest BCUT2D eigenvalue weighted by atomic mass is 32.1. The van der Waals surface area contributed by atoms with E-state index < -0.39 is 0 Å². The van der Waals surface area contributed by atoms with Crippen LogP contribution in [-0.4, -0.2) is 30.6 Å². The normalized spacial score (nSPS) is 16.5. The lowest BCUT2D eigenvalue weighted by Gasteiger charge is -2.31. The summed E-state index contributed by atoms with van der Waals surface area (Å²) in [5.74, 6) is 0.561. The molecule has 1 saturated heterocycles. The molecule has 7 heteroatoms. The molecule has 1 N–H and O–H groups in total. The zero-order valence-corrected chi connectivity index (χ0v) is 16.1. The van der Waals surface area contributed by atoms with Crippen LogP contribution in [0.15, 0.2) is 48.5 Å². The Morgan fingerprint density at radius 3 is 2.89 bits per heavy atom. The zero-order chi connectivity index (χ0) is 19.3. The summed E-state index contributed by atoms with van der Waals surface area (Å²) in [6, 6.07) is 17.1. The summed E-state index contributed by atoms with van der Waals surface area (Å²) >= 11 is 1.68. The standard InChI is InChI=1S/C21H20N4O2S/c22-11-13-27-17-9-7-16(8-10-17)23-20(26)15-4-3-12-25(14-15)21-24-18-5-1-2-6-19(18)28-21/h1-2,5-10,15H,3-4,12-14H2,(H,23,26)/t15-/m1/s1. The summed E-state index contributed by atoms with van der Waals surface area (Å²) < 4.78 is 6.40. The number of anilines is 2. The number of ether oxygens (including phenoxy) is 1. The molecule has 0 saturated carbocycles. The second-order valence-corrected chi connectivity index (χ2v) is 7.72. The Morgan fingerprint density at radius 2 is 2.11 bits per heavy atom. The molecule has 1 atom stereocenters. The van der Waals surface area contributed by atoms with E-state index >= 15 is 0 Å². The average Bonchev–Trinajstić information content (AvgIpc) is 3.18. The van der Waals surface area contributed by atoms with Crippen LogP contribution in [0.25, 0.3) is 10.2 Å². The molecule has 1 aliphatic rings. The van der Waals surface area contributed by atoms with Gasteiger partial charge in [0.15, 0.2) is 11.7 Å². The second-order valence-electron chi connectivity index (χ2n) is 6.71. The highest BCUT2D eigenvalue weighted by molar-refractivity contribution is 7.22. The number of hydrogen-bond acceptors (Lipinski definition) is 6. The van der Waals surface area contributed by atoms with Gasteiger partial charge in [0.25, 0.3) is 0 Å². The summed E-state index contributed by atoms with van der Waals surface area (Å²) in [5.41, 5.74) is 1.74. The first-order valence-electron chi connectivity index (χ1n) is 9.24. The minimum Gasteiger partial charge on any atom is -0.479 e. The van der Waals surface area contributed by atoms with E-state index in [9.17, 15) is 4.79 Å². The SMILES string of the molecule is N#CCOc1ccc(NC(=O)[C@@H]2CCCN(c3nc4ccccc4s3)C2)cc1. The maximum Gasteiger partial charge on any atom is 0.229 e. The van der Waals surface area contributed by atoms with Crippen molar-refractivity contribution < 1.29 is 9.53 Å². The number of nitrogens with zero attached hydrogens (tertiary/aromatic N) is 3. The molecule has 0 spiro atoms. The van der Waals surface area contributed by atoms with Crippen molar-refractivity contribution in [2.45, 2.75) is 12.8 Å². The molecule has 0 bridgehead atoms. The van der Waals surface area contributed by atoms with Gasteiger partial charge in [0.1, 0.15) is 11.8 Å². The number of aromatic nitrogens is 1. The van der Waals surface area contributed by atoms with Crippen molar-refractivity contribution in [1.29, 1.82) is 5.26 Å². The number of piperidine rings is 1. The van der Waals surface area contributed by atoms with E-state index in [-0.39, 0.29) is 18.4 Å². The number of nitrogens with one attached hydrogen (secondary N) is 1. The number of amides is 1. The van der Waals surface area contributed by atoms with Gasteiger partial charge in [0.05, 0.1) is 16.1 Å². The predicted octanol–water partition coefficient (Wildman–Crippen LogP) is 4.05. The van der Waals surface area contributed by atoms with Crippen molar-refractivity contribution in [3.05, 3.63) is 48.5 Å². The highest BCUT2D eigenvalue weighted by Crippen LogP contribution is 2.31. The van der Waals surface area contributed by atoms with E-state index in [1.54, 1.807) is 35.6 Å². The fourth-order valence-electron chi connectivity index (χ4n) is 3.35. The number of benzene rings is 2. The summed E-state index contributed by atoms with van der Waals surface area (Å²) in [5, 5.41) is 12.5. The van der Waals surface area contributed by atoms with Crippen LogP contribution in [-0.2, 0) is 4.79 Å². The molecular formula is C21H20N4O2S. The maximum absolute atomic E-state index is 12.7. The molecule has 6 nitrogen and oxygen atoms in total. The zero-order valence-electron chi connectivity index (χ0n) is 15.3. The molecule has 142 valence electrons. The minimum atomic E-state index is -0.0738. The van der Waals surface area contributed by atoms with Crippen LogP contribution in [0.1, 0.15) is 12.8 Å². The molecule has 1 amide bonds. The lowest BCUT2D eigenvalue weighted by Crippen LogP contribution is -2.40. The van der Waals surface area contributed by atoms with Gasteiger partial charge in [-0.3, -0.25) is 4.79 Å². The summed E-state index contributed by atoms with van der Waals surface area (Å²) in [6.07, 6.45) is 1.84.